The molecule has 34 heavy (non-hydrogen) atoms. The Hall–Kier alpha value is -3.39. The van der Waals surface area contributed by atoms with Gasteiger partial charge in [-0.25, -0.2) is 0 Å². The highest BCUT2D eigenvalue weighted by molar-refractivity contribution is 5.96. The smallest absolute Gasteiger partial charge is 0.230 e. The lowest BCUT2D eigenvalue weighted by molar-refractivity contribution is -0.148. The predicted octanol–water partition coefficient (Wildman–Crippen LogP) is 2.41. The number of nitrogens with zero attached hydrogens (tertiary/aromatic N) is 1. The van der Waals surface area contributed by atoms with Crippen LogP contribution in [0.3, 0.4) is 0 Å². The number of piperidine rings is 1. The first-order valence-electron chi connectivity index (χ1n) is 11.6. The molecule has 8 nitrogen and oxygen atoms in total. The van der Waals surface area contributed by atoms with Crippen molar-refractivity contribution in [1.29, 1.82) is 0 Å². The predicted molar refractivity (Wildman–Crippen MR) is 119 cm³/mol. The summed E-state index contributed by atoms with van der Waals surface area (Å²) >= 11 is 0. The maximum Gasteiger partial charge on any atom is 0.230 e. The van der Waals surface area contributed by atoms with Crippen LogP contribution in [0.25, 0.3) is 0 Å². The number of ether oxygens (including phenoxy) is 2. The molecule has 1 aromatic carbocycles. The minimum absolute atomic E-state index is 0.0679. The van der Waals surface area contributed by atoms with Gasteiger partial charge in [-0.05, 0) is 29.8 Å². The summed E-state index contributed by atoms with van der Waals surface area (Å²) in [6.07, 6.45) is 5.04. The van der Waals surface area contributed by atoms with Crippen LogP contribution < -0.4 is 10.1 Å². The number of benzene rings is 1. The number of furan rings is 1. The molecule has 7 atom stereocenters. The van der Waals surface area contributed by atoms with E-state index in [1.165, 1.54) is 0 Å². The lowest BCUT2D eigenvalue weighted by Gasteiger charge is -2.43. The summed E-state index contributed by atoms with van der Waals surface area (Å²) in [4.78, 5) is 42.0. The fraction of sp³-hybridized carbons (Fsp3) is 0.423. The van der Waals surface area contributed by atoms with Crippen molar-refractivity contribution in [2.45, 2.75) is 43.7 Å². The summed E-state index contributed by atoms with van der Waals surface area (Å²) < 4.78 is 17.2. The van der Waals surface area contributed by atoms with Crippen LogP contribution in [0, 0.1) is 17.8 Å². The molecule has 0 radical (unpaired) electrons. The van der Waals surface area contributed by atoms with Crippen LogP contribution in [0.1, 0.15) is 30.7 Å². The van der Waals surface area contributed by atoms with Crippen molar-refractivity contribution in [2.75, 3.05) is 7.11 Å². The number of fused-ring (bicyclic) bond motifs is 2. The highest BCUT2D eigenvalue weighted by atomic mass is 16.5. The molecule has 2 aromatic rings. The third-order valence-electron chi connectivity index (χ3n) is 7.88. The fourth-order valence-corrected chi connectivity index (χ4v) is 6.31. The van der Waals surface area contributed by atoms with Crippen LogP contribution in [0.2, 0.25) is 0 Å². The molecule has 2 bridgehead atoms. The molecule has 0 aliphatic carbocycles. The number of rotatable bonds is 5. The van der Waals surface area contributed by atoms with Gasteiger partial charge in [-0.2, -0.15) is 0 Å². The zero-order chi connectivity index (χ0) is 23.6. The Labute approximate surface area is 196 Å². The molecule has 4 aliphatic heterocycles. The molecular weight excluding hydrogens is 436 g/mol. The summed E-state index contributed by atoms with van der Waals surface area (Å²) in [6.45, 7) is 2.19. The second-order valence-corrected chi connectivity index (χ2v) is 9.55. The van der Waals surface area contributed by atoms with E-state index in [0.717, 1.165) is 11.3 Å². The van der Waals surface area contributed by atoms with E-state index in [4.69, 9.17) is 13.9 Å². The van der Waals surface area contributed by atoms with Crippen LogP contribution in [-0.2, 0) is 25.7 Å². The average Bonchev–Trinajstić information content (AvgIpc) is 3.62. The quantitative estimate of drug-likeness (QED) is 0.686. The number of nitrogens with one attached hydrogen (secondary N) is 1. The van der Waals surface area contributed by atoms with Gasteiger partial charge in [0.05, 0.1) is 43.4 Å². The van der Waals surface area contributed by atoms with Crippen LogP contribution >= 0.6 is 0 Å². The lowest BCUT2D eigenvalue weighted by Crippen LogP contribution is -2.55. The van der Waals surface area contributed by atoms with Gasteiger partial charge in [0.25, 0.3) is 0 Å². The Kier molecular flexibility index (Phi) is 4.71. The van der Waals surface area contributed by atoms with Gasteiger partial charge < -0.3 is 24.1 Å². The Bertz CT molecular complexity index is 1170. The molecule has 8 heteroatoms. The molecule has 176 valence electrons. The van der Waals surface area contributed by atoms with Crippen molar-refractivity contribution in [1.82, 2.24) is 10.2 Å². The standard InChI is InChI=1S/C26H26N2O6/c1-14-18(29)12-17(19-4-3-11-33-19)28-23(14)26-10-9-20(34-26)21(22(26)25(28)31)24(30)27-13-15-5-7-16(32-2)8-6-15/h3-11,14,17,20-23H,12-13H2,1-2H3,(H,27,30)/t14-,17-,20+,21+,22-,23-,26+/m0/s1. The van der Waals surface area contributed by atoms with Crippen molar-refractivity contribution >= 4 is 17.6 Å². The Morgan fingerprint density at radius 3 is 2.74 bits per heavy atom. The topological polar surface area (TPSA) is 98.1 Å². The van der Waals surface area contributed by atoms with Gasteiger partial charge in [0.2, 0.25) is 11.8 Å². The summed E-state index contributed by atoms with van der Waals surface area (Å²) in [5.74, 6) is -0.709. The van der Waals surface area contributed by atoms with Crippen molar-refractivity contribution in [2.24, 2.45) is 17.8 Å². The highest BCUT2D eigenvalue weighted by Crippen LogP contribution is 2.59. The molecule has 1 spiro atoms. The summed E-state index contributed by atoms with van der Waals surface area (Å²) in [6, 6.07) is 10.0. The number of amides is 2. The zero-order valence-corrected chi connectivity index (χ0v) is 19.0. The average molecular weight is 463 g/mol. The third kappa shape index (κ3) is 2.84. The van der Waals surface area contributed by atoms with Gasteiger partial charge in [-0.15, -0.1) is 0 Å². The molecule has 3 saturated heterocycles. The molecule has 6 rings (SSSR count). The number of ketones is 1. The van der Waals surface area contributed by atoms with Crippen LogP contribution in [0.15, 0.2) is 59.2 Å². The van der Waals surface area contributed by atoms with E-state index in [9.17, 15) is 14.4 Å². The van der Waals surface area contributed by atoms with E-state index >= 15 is 0 Å². The Morgan fingerprint density at radius 1 is 1.24 bits per heavy atom. The molecular formula is C26H26N2O6. The molecule has 0 saturated carbocycles. The minimum atomic E-state index is -0.982. The number of hydrogen-bond acceptors (Lipinski definition) is 6. The van der Waals surface area contributed by atoms with Gasteiger partial charge in [0, 0.05) is 18.9 Å². The summed E-state index contributed by atoms with van der Waals surface area (Å²) in [7, 11) is 1.60. The van der Waals surface area contributed by atoms with Gasteiger partial charge >= 0.3 is 0 Å². The summed E-state index contributed by atoms with van der Waals surface area (Å²) in [5.41, 5.74) is -0.0553. The number of carbonyl (C=O) groups excluding carboxylic acids is 3. The first-order valence-corrected chi connectivity index (χ1v) is 11.6. The van der Waals surface area contributed by atoms with E-state index in [1.54, 1.807) is 30.4 Å². The minimum Gasteiger partial charge on any atom is -0.497 e. The monoisotopic (exact) mass is 462 g/mol. The van der Waals surface area contributed by atoms with Gasteiger partial charge in [-0.1, -0.05) is 31.2 Å². The highest BCUT2D eigenvalue weighted by Gasteiger charge is 2.74. The van der Waals surface area contributed by atoms with E-state index in [2.05, 4.69) is 5.32 Å². The Balaban J connectivity index is 1.29. The van der Waals surface area contributed by atoms with Crippen LogP contribution in [-0.4, -0.2) is 47.4 Å². The first kappa shape index (κ1) is 21.2. The largest absolute Gasteiger partial charge is 0.497 e. The summed E-state index contributed by atoms with van der Waals surface area (Å²) in [5, 5.41) is 2.98. The zero-order valence-electron chi connectivity index (χ0n) is 19.0. The molecule has 1 N–H and O–H groups in total. The Morgan fingerprint density at radius 2 is 2.03 bits per heavy atom. The number of Topliss-reactive ketones (excluding diaryl/α,β-unsaturated/α-hetero) is 1. The van der Waals surface area contributed by atoms with Crippen molar-refractivity contribution in [3.8, 4) is 5.75 Å². The van der Waals surface area contributed by atoms with E-state index < -0.39 is 41.5 Å². The SMILES string of the molecule is COc1ccc(CNC(=O)[C@H]2[C@H]3C(=O)N4[C@@H]([C@@H](C)C(=O)C[C@H]4c4ccco4)[C@@]34C=C[C@H]2O4)cc1. The molecule has 4 aliphatic rings. The van der Waals surface area contributed by atoms with Gasteiger partial charge in [0.1, 0.15) is 22.9 Å². The maximum absolute atomic E-state index is 13.9. The molecule has 5 heterocycles. The third-order valence-corrected chi connectivity index (χ3v) is 7.88. The number of carbonyl (C=O) groups is 3. The van der Waals surface area contributed by atoms with Crippen LogP contribution in [0.5, 0.6) is 5.75 Å². The van der Waals surface area contributed by atoms with Crippen molar-refractivity contribution in [3.05, 3.63) is 66.1 Å². The van der Waals surface area contributed by atoms with Gasteiger partial charge in [0.15, 0.2) is 0 Å². The normalized spacial score (nSPS) is 35.4. The molecule has 2 amide bonds. The molecule has 3 fully saturated rings. The fourth-order valence-electron chi connectivity index (χ4n) is 6.31. The number of methoxy groups -OCH3 is 1. The first-order chi connectivity index (χ1) is 16.4. The van der Waals surface area contributed by atoms with E-state index in [0.29, 0.717) is 12.3 Å². The van der Waals surface area contributed by atoms with E-state index in [1.807, 2.05) is 43.3 Å². The van der Waals surface area contributed by atoms with Crippen LogP contribution in [0.4, 0.5) is 0 Å². The molecule has 1 aromatic heterocycles. The van der Waals surface area contributed by atoms with E-state index in [-0.39, 0.29) is 24.0 Å². The molecule has 0 unspecified atom stereocenters. The number of hydrogen-bond donors (Lipinski definition) is 1. The second-order valence-electron chi connectivity index (χ2n) is 9.55. The maximum atomic E-state index is 13.9. The van der Waals surface area contributed by atoms with Crippen molar-refractivity contribution < 1.29 is 28.3 Å². The van der Waals surface area contributed by atoms with Crippen molar-refractivity contribution in [3.63, 3.8) is 0 Å². The lowest BCUT2D eigenvalue weighted by atomic mass is 9.70. The van der Waals surface area contributed by atoms with Gasteiger partial charge in [-0.3, -0.25) is 14.4 Å². The second kappa shape index (κ2) is 7.56.